The van der Waals surface area contributed by atoms with Crippen molar-refractivity contribution in [2.24, 2.45) is 0 Å². The fourth-order valence-corrected chi connectivity index (χ4v) is 2.85. The second-order valence-corrected chi connectivity index (χ2v) is 5.88. The van der Waals surface area contributed by atoms with Crippen LogP contribution in [0, 0.1) is 3.57 Å². The molecule has 2 heterocycles. The summed E-state index contributed by atoms with van der Waals surface area (Å²) in [6.45, 7) is 4.19. The van der Waals surface area contributed by atoms with Gasteiger partial charge in [0.15, 0.2) is 5.82 Å². The maximum absolute atomic E-state index is 6.11. The van der Waals surface area contributed by atoms with Crippen molar-refractivity contribution in [1.29, 1.82) is 0 Å². The summed E-state index contributed by atoms with van der Waals surface area (Å²) in [7, 11) is 0. The Morgan fingerprint density at radius 3 is 2.69 bits per heavy atom. The molecule has 16 heavy (non-hydrogen) atoms. The maximum Gasteiger partial charge on any atom is 0.172 e. The molecule has 0 aliphatic heterocycles. The average molecular weight is 366 g/mol. The van der Waals surface area contributed by atoms with Crippen LogP contribution in [-0.2, 0) is 0 Å². The molecule has 3 nitrogen and oxygen atoms in total. The Morgan fingerprint density at radius 2 is 2.12 bits per heavy atom. The van der Waals surface area contributed by atoms with E-state index in [-0.39, 0.29) is 0 Å². The fraction of sp³-hybridized carbons (Fsp3) is 0.300. The van der Waals surface area contributed by atoms with Gasteiger partial charge in [-0.1, -0.05) is 25.4 Å². The van der Waals surface area contributed by atoms with Crippen molar-refractivity contribution < 1.29 is 0 Å². The molecule has 0 unspecified atom stereocenters. The average Bonchev–Trinajstić information content (AvgIpc) is 2.74. The lowest BCUT2D eigenvalue weighted by Crippen LogP contribution is -2.01. The van der Waals surface area contributed by atoms with E-state index in [1.807, 2.05) is 0 Å². The Bertz CT molecular complexity index is 499. The van der Waals surface area contributed by atoms with Gasteiger partial charge in [0.2, 0.25) is 0 Å². The van der Waals surface area contributed by atoms with Crippen molar-refractivity contribution in [3.8, 4) is 10.7 Å². The molecule has 84 valence electrons. The molecule has 0 saturated heterocycles. The van der Waals surface area contributed by atoms with Crippen molar-refractivity contribution in [3.63, 3.8) is 0 Å². The number of thiazole rings is 1. The van der Waals surface area contributed by atoms with Crippen molar-refractivity contribution in [2.75, 3.05) is 0 Å². The number of aromatic nitrogens is 3. The van der Waals surface area contributed by atoms with Crippen LogP contribution in [0.25, 0.3) is 10.7 Å². The molecule has 0 aliphatic carbocycles. The molecule has 0 fully saturated rings. The largest absolute Gasteiger partial charge is 0.252 e. The molecule has 0 radical (unpaired) electrons. The van der Waals surface area contributed by atoms with Gasteiger partial charge < -0.3 is 0 Å². The minimum Gasteiger partial charge on any atom is -0.252 e. The van der Waals surface area contributed by atoms with E-state index >= 15 is 0 Å². The first-order valence-electron chi connectivity index (χ1n) is 4.71. The van der Waals surface area contributed by atoms with Gasteiger partial charge in [0.25, 0.3) is 0 Å². The lowest BCUT2D eigenvalue weighted by atomic mass is 10.1. The predicted molar refractivity (Wildman–Crippen MR) is 75.0 cm³/mol. The van der Waals surface area contributed by atoms with E-state index in [0.29, 0.717) is 16.9 Å². The highest BCUT2D eigenvalue weighted by atomic mass is 127. The van der Waals surface area contributed by atoms with Crippen LogP contribution in [0.2, 0.25) is 5.15 Å². The van der Waals surface area contributed by atoms with Crippen LogP contribution in [0.4, 0.5) is 0 Å². The third-order valence-corrected chi connectivity index (χ3v) is 4.46. The summed E-state index contributed by atoms with van der Waals surface area (Å²) in [5.74, 6) is 0.996. The summed E-state index contributed by atoms with van der Waals surface area (Å²) < 4.78 is 0.933. The zero-order chi connectivity index (χ0) is 11.7. The van der Waals surface area contributed by atoms with Crippen LogP contribution in [0.5, 0.6) is 0 Å². The van der Waals surface area contributed by atoms with E-state index in [0.717, 1.165) is 14.1 Å². The summed E-state index contributed by atoms with van der Waals surface area (Å²) in [5.41, 5.74) is 2.75. The fourth-order valence-electron chi connectivity index (χ4n) is 1.25. The van der Waals surface area contributed by atoms with Crippen LogP contribution in [-0.4, -0.2) is 15.0 Å². The van der Waals surface area contributed by atoms with Crippen molar-refractivity contribution in [3.05, 3.63) is 26.1 Å². The molecule has 0 bridgehead atoms. The van der Waals surface area contributed by atoms with Crippen LogP contribution in [0.3, 0.4) is 0 Å². The Hall–Kier alpha value is -0.270. The molecule has 0 aliphatic rings. The van der Waals surface area contributed by atoms with E-state index in [1.165, 1.54) is 11.3 Å². The van der Waals surface area contributed by atoms with E-state index < -0.39 is 0 Å². The zero-order valence-electron chi connectivity index (χ0n) is 8.74. The summed E-state index contributed by atoms with van der Waals surface area (Å²) >= 11 is 9.80. The first kappa shape index (κ1) is 12.2. The van der Waals surface area contributed by atoms with Crippen molar-refractivity contribution in [2.45, 2.75) is 19.8 Å². The van der Waals surface area contributed by atoms with E-state index in [2.05, 4.69) is 51.4 Å². The van der Waals surface area contributed by atoms with Gasteiger partial charge in [-0.05, 0) is 28.5 Å². The highest BCUT2D eigenvalue weighted by Crippen LogP contribution is 2.29. The molecule has 2 rings (SSSR count). The van der Waals surface area contributed by atoms with Crippen molar-refractivity contribution >= 4 is 45.5 Å². The standard InChI is InChI=1S/C10H9ClIN3S/c1-5(2)8-7(12)9(11)15-10(14-8)6-3-13-4-16-6/h3-5H,1-2H3. The summed E-state index contributed by atoms with van der Waals surface area (Å²) in [6, 6.07) is 0. The lowest BCUT2D eigenvalue weighted by Gasteiger charge is -2.09. The molecule has 0 amide bonds. The summed E-state index contributed by atoms with van der Waals surface area (Å²) in [4.78, 5) is 13.8. The molecule has 2 aromatic heterocycles. The molecule has 6 heteroatoms. The minimum atomic E-state index is 0.332. The van der Waals surface area contributed by atoms with Gasteiger partial charge in [0.1, 0.15) is 5.15 Å². The van der Waals surface area contributed by atoms with Gasteiger partial charge in [0, 0.05) is 6.20 Å². The molecular formula is C10H9ClIN3S. The predicted octanol–water partition coefficient (Wildman–Crippen LogP) is 3.98. The second kappa shape index (κ2) is 4.93. The van der Waals surface area contributed by atoms with Crippen molar-refractivity contribution in [1.82, 2.24) is 15.0 Å². The number of rotatable bonds is 2. The monoisotopic (exact) mass is 365 g/mol. The highest BCUT2D eigenvalue weighted by Gasteiger charge is 2.15. The Balaban J connectivity index is 2.57. The molecule has 0 aromatic carbocycles. The van der Waals surface area contributed by atoms with Crippen LogP contribution >= 0.6 is 45.5 Å². The summed E-state index contributed by atoms with van der Waals surface area (Å²) in [6.07, 6.45) is 1.76. The SMILES string of the molecule is CC(C)c1nc(-c2cncs2)nc(Cl)c1I. The van der Waals surface area contributed by atoms with Crippen LogP contribution in [0.1, 0.15) is 25.5 Å². The maximum atomic E-state index is 6.11. The van der Waals surface area contributed by atoms with Gasteiger partial charge in [-0.15, -0.1) is 11.3 Å². The van der Waals surface area contributed by atoms with Crippen LogP contribution < -0.4 is 0 Å². The topological polar surface area (TPSA) is 38.7 Å². The van der Waals surface area contributed by atoms with Gasteiger partial charge in [0.05, 0.1) is 19.7 Å². The molecule has 2 aromatic rings. The molecule has 0 spiro atoms. The molecule has 0 N–H and O–H groups in total. The smallest absolute Gasteiger partial charge is 0.172 e. The first-order chi connectivity index (χ1) is 7.59. The molecule has 0 saturated carbocycles. The quantitative estimate of drug-likeness (QED) is 0.597. The number of nitrogens with zero attached hydrogens (tertiary/aromatic N) is 3. The van der Waals surface area contributed by atoms with E-state index in [9.17, 15) is 0 Å². The van der Waals surface area contributed by atoms with E-state index in [4.69, 9.17) is 11.6 Å². The lowest BCUT2D eigenvalue weighted by molar-refractivity contribution is 0.809. The summed E-state index contributed by atoms with van der Waals surface area (Å²) in [5, 5.41) is 0.516. The number of hydrogen-bond donors (Lipinski definition) is 0. The second-order valence-electron chi connectivity index (χ2n) is 3.56. The Morgan fingerprint density at radius 1 is 1.38 bits per heavy atom. The normalized spacial score (nSPS) is 11.1. The third kappa shape index (κ3) is 2.36. The van der Waals surface area contributed by atoms with Gasteiger partial charge in [-0.3, -0.25) is 4.98 Å². The third-order valence-electron chi connectivity index (χ3n) is 2.04. The van der Waals surface area contributed by atoms with E-state index in [1.54, 1.807) is 11.7 Å². The zero-order valence-corrected chi connectivity index (χ0v) is 12.5. The van der Waals surface area contributed by atoms with Crippen LogP contribution in [0.15, 0.2) is 11.7 Å². The van der Waals surface area contributed by atoms with Gasteiger partial charge in [-0.2, -0.15) is 0 Å². The minimum absolute atomic E-state index is 0.332. The first-order valence-corrected chi connectivity index (χ1v) is 7.05. The highest BCUT2D eigenvalue weighted by molar-refractivity contribution is 14.1. The molecular weight excluding hydrogens is 357 g/mol. The van der Waals surface area contributed by atoms with Gasteiger partial charge >= 0.3 is 0 Å². The number of hydrogen-bond acceptors (Lipinski definition) is 4. The molecule has 0 atom stereocenters. The van der Waals surface area contributed by atoms with Gasteiger partial charge in [-0.25, -0.2) is 9.97 Å². The number of halogens is 2. The Kier molecular flexibility index (Phi) is 3.76. The Labute approximate surface area is 116 Å².